The normalized spacial score (nSPS) is 12.9. The lowest BCUT2D eigenvalue weighted by atomic mass is 9.99. The van der Waals surface area contributed by atoms with Crippen LogP contribution in [0.5, 0.6) is 0 Å². The first-order valence-electron chi connectivity index (χ1n) is 10.3. The molecule has 0 fully saturated rings. The molecular weight excluding hydrogens is 478 g/mol. The van der Waals surface area contributed by atoms with E-state index in [-0.39, 0.29) is 18.9 Å². The zero-order chi connectivity index (χ0) is 23.1. The molecule has 3 N–H and O–H groups in total. The fourth-order valence-corrected chi connectivity index (χ4v) is 4.04. The van der Waals surface area contributed by atoms with Crippen molar-refractivity contribution < 1.29 is 18.7 Å². The maximum absolute atomic E-state index is 13.5. The van der Waals surface area contributed by atoms with E-state index in [2.05, 4.69) is 26.6 Å². The molecule has 0 bridgehead atoms. The Hall–Kier alpha value is -2.61. The highest BCUT2D eigenvalue weighted by molar-refractivity contribution is 9.10. The van der Waals surface area contributed by atoms with Gasteiger partial charge in [-0.15, -0.1) is 0 Å². The largest absolute Gasteiger partial charge is 0.390 e. The van der Waals surface area contributed by atoms with Gasteiger partial charge in [0.15, 0.2) is 0 Å². The highest BCUT2D eigenvalue weighted by Gasteiger charge is 2.21. The number of hydrogen-bond acceptors (Lipinski definition) is 3. The van der Waals surface area contributed by atoms with Crippen molar-refractivity contribution in [2.75, 3.05) is 6.54 Å². The van der Waals surface area contributed by atoms with Crippen molar-refractivity contribution in [3.05, 3.63) is 94.0 Å². The van der Waals surface area contributed by atoms with Gasteiger partial charge in [0.1, 0.15) is 11.6 Å². The third kappa shape index (κ3) is 6.95. The van der Waals surface area contributed by atoms with E-state index in [1.807, 2.05) is 48.5 Å². The first-order chi connectivity index (χ1) is 15.3. The van der Waals surface area contributed by atoms with Crippen LogP contribution in [0.25, 0.3) is 11.1 Å². The van der Waals surface area contributed by atoms with E-state index in [1.165, 1.54) is 19.1 Å². The highest BCUT2D eigenvalue weighted by Crippen LogP contribution is 2.26. The molecule has 2 unspecified atom stereocenters. The van der Waals surface area contributed by atoms with Gasteiger partial charge < -0.3 is 15.7 Å². The molecule has 0 radical (unpaired) electrons. The van der Waals surface area contributed by atoms with Gasteiger partial charge in [0.2, 0.25) is 5.91 Å². The molecule has 0 aliphatic rings. The number of hydrogen-bond donors (Lipinski definition) is 3. The molecule has 32 heavy (non-hydrogen) atoms. The van der Waals surface area contributed by atoms with Crippen molar-refractivity contribution in [2.24, 2.45) is 0 Å². The van der Waals surface area contributed by atoms with Crippen molar-refractivity contribution in [1.29, 1.82) is 0 Å². The quantitative estimate of drug-likeness (QED) is 0.401. The van der Waals surface area contributed by atoms with Crippen LogP contribution in [-0.2, 0) is 17.8 Å². The Kier molecular flexibility index (Phi) is 8.50. The Labute approximate surface area is 194 Å². The molecule has 0 heterocycles. The van der Waals surface area contributed by atoms with Gasteiger partial charge in [-0.2, -0.15) is 0 Å². The predicted molar refractivity (Wildman–Crippen MR) is 125 cm³/mol. The van der Waals surface area contributed by atoms with Gasteiger partial charge >= 0.3 is 0 Å². The molecule has 168 valence electrons. The molecule has 0 saturated heterocycles. The van der Waals surface area contributed by atoms with Crippen molar-refractivity contribution in [3.63, 3.8) is 0 Å². The average Bonchev–Trinajstić information content (AvgIpc) is 2.73. The third-order valence-corrected chi connectivity index (χ3v) is 5.55. The van der Waals surface area contributed by atoms with Crippen LogP contribution >= 0.6 is 15.9 Å². The number of halogens is 3. The number of aliphatic hydroxyl groups is 1. The summed E-state index contributed by atoms with van der Waals surface area (Å²) in [6, 6.07) is 18.5. The van der Waals surface area contributed by atoms with Gasteiger partial charge in [0.05, 0.1) is 12.1 Å². The monoisotopic (exact) mass is 502 g/mol. The Morgan fingerprint density at radius 1 is 1.03 bits per heavy atom. The number of aliphatic hydroxyl groups excluding tert-OH is 1. The first kappa shape index (κ1) is 24.0. The average molecular weight is 503 g/mol. The van der Waals surface area contributed by atoms with E-state index >= 15 is 0 Å². The second-order valence-corrected chi connectivity index (χ2v) is 8.57. The number of carbonyl (C=O) groups excluding carboxylic acids is 1. The highest BCUT2D eigenvalue weighted by atomic mass is 79.9. The molecule has 0 aliphatic carbocycles. The van der Waals surface area contributed by atoms with Crippen LogP contribution in [-0.4, -0.2) is 29.7 Å². The minimum absolute atomic E-state index is 0.100. The first-order valence-corrected chi connectivity index (χ1v) is 11.1. The second-order valence-electron chi connectivity index (χ2n) is 7.65. The Morgan fingerprint density at radius 3 is 2.38 bits per heavy atom. The third-order valence-electron chi connectivity index (χ3n) is 5.05. The minimum atomic E-state index is -0.961. The van der Waals surface area contributed by atoms with Crippen LogP contribution in [0.1, 0.15) is 18.1 Å². The summed E-state index contributed by atoms with van der Waals surface area (Å²) < 4.78 is 28.0. The predicted octanol–water partition coefficient (Wildman–Crippen LogP) is 4.59. The zero-order valence-corrected chi connectivity index (χ0v) is 19.2. The van der Waals surface area contributed by atoms with E-state index in [9.17, 15) is 18.7 Å². The maximum atomic E-state index is 13.5. The summed E-state index contributed by atoms with van der Waals surface area (Å²) >= 11 is 3.50. The van der Waals surface area contributed by atoms with Gasteiger partial charge in [-0.05, 0) is 52.9 Å². The van der Waals surface area contributed by atoms with Gasteiger partial charge in [-0.1, -0.05) is 52.3 Å². The number of benzene rings is 3. The van der Waals surface area contributed by atoms with E-state index in [1.54, 1.807) is 0 Å². The minimum Gasteiger partial charge on any atom is -0.390 e. The summed E-state index contributed by atoms with van der Waals surface area (Å²) in [5, 5.41) is 16.6. The Balaban J connectivity index is 1.68. The van der Waals surface area contributed by atoms with Crippen LogP contribution in [0.15, 0.2) is 71.2 Å². The fraction of sp³-hybridized carbons (Fsp3) is 0.240. The molecule has 0 saturated carbocycles. The van der Waals surface area contributed by atoms with Crippen LogP contribution < -0.4 is 10.6 Å². The Bertz CT molecular complexity index is 1040. The maximum Gasteiger partial charge on any atom is 0.217 e. The van der Waals surface area contributed by atoms with Crippen LogP contribution in [0, 0.1) is 11.6 Å². The van der Waals surface area contributed by atoms with Gasteiger partial charge in [-0.25, -0.2) is 8.78 Å². The van der Waals surface area contributed by atoms with E-state index in [4.69, 9.17) is 0 Å². The number of rotatable bonds is 9. The SMILES string of the molecule is CC(=O)NC(Cc1cc(F)cc(F)c1)C(O)CNCc1cc(Br)ccc1-c1ccccc1. The molecule has 3 rings (SSSR count). The molecule has 7 heteroatoms. The summed E-state index contributed by atoms with van der Waals surface area (Å²) in [6.45, 7) is 2.01. The smallest absolute Gasteiger partial charge is 0.217 e. The van der Waals surface area contributed by atoms with Crippen molar-refractivity contribution in [1.82, 2.24) is 10.6 Å². The van der Waals surface area contributed by atoms with Gasteiger partial charge in [0.25, 0.3) is 0 Å². The summed E-state index contributed by atoms with van der Waals surface area (Å²) in [5.74, 6) is -1.72. The van der Waals surface area contributed by atoms with Gasteiger partial charge in [-0.3, -0.25) is 4.79 Å². The summed E-state index contributed by atoms with van der Waals surface area (Å²) in [7, 11) is 0. The van der Waals surface area contributed by atoms with Crippen LogP contribution in [0.2, 0.25) is 0 Å². The fourth-order valence-electron chi connectivity index (χ4n) is 3.63. The molecule has 3 aromatic rings. The lowest BCUT2D eigenvalue weighted by molar-refractivity contribution is -0.120. The second kappa shape index (κ2) is 11.3. The molecular formula is C25H25BrF2N2O2. The molecule has 3 aromatic carbocycles. The molecule has 2 atom stereocenters. The molecule has 0 spiro atoms. The summed E-state index contributed by atoms with van der Waals surface area (Å²) in [6.07, 6.45) is -0.860. The lowest BCUT2D eigenvalue weighted by Gasteiger charge is -2.24. The summed E-state index contributed by atoms with van der Waals surface area (Å²) in [4.78, 5) is 11.6. The molecule has 1 amide bonds. The molecule has 0 aromatic heterocycles. The Morgan fingerprint density at radius 2 is 1.72 bits per heavy atom. The zero-order valence-electron chi connectivity index (χ0n) is 17.6. The van der Waals surface area contributed by atoms with Crippen molar-refractivity contribution >= 4 is 21.8 Å². The molecule has 4 nitrogen and oxygen atoms in total. The van der Waals surface area contributed by atoms with Crippen LogP contribution in [0.4, 0.5) is 8.78 Å². The van der Waals surface area contributed by atoms with Crippen molar-refractivity contribution in [2.45, 2.75) is 32.0 Å². The van der Waals surface area contributed by atoms with Crippen molar-refractivity contribution in [3.8, 4) is 11.1 Å². The lowest BCUT2D eigenvalue weighted by Crippen LogP contribution is -2.48. The standard InChI is InChI=1S/C25H25BrF2N2O2/c1-16(31)30-24(11-17-9-21(27)13-22(28)10-17)25(32)15-29-14-19-12-20(26)7-8-23(19)18-5-3-2-4-6-18/h2-10,12-13,24-25,29,32H,11,14-15H2,1H3,(H,30,31). The van der Waals surface area contributed by atoms with E-state index in [0.717, 1.165) is 27.2 Å². The van der Waals surface area contributed by atoms with E-state index in [0.29, 0.717) is 12.1 Å². The van der Waals surface area contributed by atoms with Gasteiger partial charge in [0, 0.05) is 30.6 Å². The summed E-state index contributed by atoms with van der Waals surface area (Å²) in [5.41, 5.74) is 3.56. The topological polar surface area (TPSA) is 61.4 Å². The van der Waals surface area contributed by atoms with Crippen LogP contribution in [0.3, 0.4) is 0 Å². The van der Waals surface area contributed by atoms with E-state index < -0.39 is 23.8 Å². The number of amides is 1. The number of nitrogens with one attached hydrogen (secondary N) is 2. The number of carbonyl (C=O) groups is 1. The molecule has 0 aliphatic heterocycles.